The summed E-state index contributed by atoms with van der Waals surface area (Å²) in [7, 11) is 0. The Morgan fingerprint density at radius 2 is 2.00 bits per heavy atom. The summed E-state index contributed by atoms with van der Waals surface area (Å²) in [5.41, 5.74) is -0.229. The van der Waals surface area contributed by atoms with Crippen molar-refractivity contribution in [3.8, 4) is 0 Å². The lowest BCUT2D eigenvalue weighted by Crippen LogP contribution is -2.46. The molecule has 0 fully saturated rings. The third kappa shape index (κ3) is 3.53. The van der Waals surface area contributed by atoms with Gasteiger partial charge in [0, 0.05) is 29.4 Å². The number of nitrogens with one attached hydrogen (secondary N) is 2. The topological polar surface area (TPSA) is 41.1 Å². The Morgan fingerprint density at radius 1 is 1.30 bits per heavy atom. The molecule has 2 N–H and O–H groups in total. The molecule has 0 saturated carbocycles. The summed E-state index contributed by atoms with van der Waals surface area (Å²) in [5, 5.41) is 5.65. The average Bonchev–Trinajstić information content (AvgIpc) is 2.25. The fraction of sp³-hybridized carbons (Fsp3) is 0.357. The van der Waals surface area contributed by atoms with E-state index in [0.29, 0.717) is 17.8 Å². The van der Waals surface area contributed by atoms with E-state index < -0.39 is 17.3 Å². The van der Waals surface area contributed by atoms with Crippen LogP contribution in [0.3, 0.4) is 0 Å². The standard InChI is InChI=1S/C14H15F3N2O/c1-13(2)8-11(7-12(20)19-13)18-10-5-3-4-9(6-10)14(15,16)17/h3-7,18H,8H2,1-2H3,(H,19,20). The van der Waals surface area contributed by atoms with Gasteiger partial charge in [0.1, 0.15) is 0 Å². The number of benzene rings is 1. The molecule has 1 aliphatic rings. The van der Waals surface area contributed by atoms with Crippen LogP contribution in [0.2, 0.25) is 0 Å². The maximum Gasteiger partial charge on any atom is 0.416 e. The number of carbonyl (C=O) groups is 1. The Balaban J connectivity index is 2.21. The largest absolute Gasteiger partial charge is 0.416 e. The van der Waals surface area contributed by atoms with Gasteiger partial charge in [-0.15, -0.1) is 0 Å². The van der Waals surface area contributed by atoms with Gasteiger partial charge in [0.05, 0.1) is 5.56 Å². The van der Waals surface area contributed by atoms with Crippen molar-refractivity contribution in [2.75, 3.05) is 5.32 Å². The zero-order valence-corrected chi connectivity index (χ0v) is 11.1. The molecule has 3 nitrogen and oxygen atoms in total. The van der Waals surface area contributed by atoms with E-state index in [2.05, 4.69) is 10.6 Å². The zero-order valence-electron chi connectivity index (χ0n) is 11.1. The van der Waals surface area contributed by atoms with E-state index in [-0.39, 0.29) is 5.91 Å². The molecule has 1 heterocycles. The molecule has 108 valence electrons. The van der Waals surface area contributed by atoms with Crippen LogP contribution in [0.4, 0.5) is 18.9 Å². The van der Waals surface area contributed by atoms with Crippen molar-refractivity contribution in [2.45, 2.75) is 32.0 Å². The van der Waals surface area contributed by atoms with Crippen LogP contribution in [0.5, 0.6) is 0 Å². The van der Waals surface area contributed by atoms with Crippen LogP contribution in [0.15, 0.2) is 36.0 Å². The van der Waals surface area contributed by atoms with Crippen molar-refractivity contribution in [3.63, 3.8) is 0 Å². The van der Waals surface area contributed by atoms with E-state index >= 15 is 0 Å². The van der Waals surface area contributed by atoms with Gasteiger partial charge < -0.3 is 10.6 Å². The Hall–Kier alpha value is -1.98. The van der Waals surface area contributed by atoms with Crippen LogP contribution < -0.4 is 10.6 Å². The Kier molecular flexibility index (Phi) is 3.50. The highest BCUT2D eigenvalue weighted by atomic mass is 19.4. The Bertz CT molecular complexity index is 562. The second kappa shape index (κ2) is 4.85. The molecule has 0 atom stereocenters. The lowest BCUT2D eigenvalue weighted by molar-refractivity contribution is -0.137. The SMILES string of the molecule is CC1(C)CC(Nc2cccc(C(F)(F)F)c2)=CC(=O)N1. The summed E-state index contributed by atoms with van der Waals surface area (Å²) in [4.78, 5) is 11.5. The minimum absolute atomic E-state index is 0.254. The number of halogens is 3. The molecule has 0 aromatic heterocycles. The van der Waals surface area contributed by atoms with Crippen LogP contribution in [0, 0.1) is 0 Å². The van der Waals surface area contributed by atoms with Gasteiger partial charge in [-0.2, -0.15) is 13.2 Å². The summed E-state index contributed by atoms with van der Waals surface area (Å²) in [6.07, 6.45) is -2.49. The van der Waals surface area contributed by atoms with E-state index in [9.17, 15) is 18.0 Å². The summed E-state index contributed by atoms with van der Waals surface area (Å²) >= 11 is 0. The Morgan fingerprint density at radius 3 is 2.60 bits per heavy atom. The van der Waals surface area contributed by atoms with Gasteiger partial charge in [-0.05, 0) is 32.0 Å². The van der Waals surface area contributed by atoms with Crippen LogP contribution in [-0.2, 0) is 11.0 Å². The number of hydrogen-bond donors (Lipinski definition) is 2. The molecule has 1 aromatic rings. The number of alkyl halides is 3. The first-order valence-corrected chi connectivity index (χ1v) is 6.13. The highest BCUT2D eigenvalue weighted by molar-refractivity contribution is 5.90. The molecule has 0 radical (unpaired) electrons. The third-order valence-electron chi connectivity index (χ3n) is 2.89. The number of rotatable bonds is 2. The normalized spacial score (nSPS) is 18.2. The van der Waals surface area contributed by atoms with Crippen LogP contribution in [0.1, 0.15) is 25.8 Å². The number of amides is 1. The molecule has 0 unspecified atom stereocenters. The van der Waals surface area contributed by atoms with E-state index in [1.54, 1.807) is 0 Å². The van der Waals surface area contributed by atoms with E-state index in [1.807, 2.05) is 13.8 Å². The van der Waals surface area contributed by atoms with Gasteiger partial charge in [0.25, 0.3) is 0 Å². The van der Waals surface area contributed by atoms with Crippen molar-refractivity contribution in [1.82, 2.24) is 5.32 Å². The van der Waals surface area contributed by atoms with E-state index in [1.165, 1.54) is 18.2 Å². The highest BCUT2D eigenvalue weighted by Crippen LogP contribution is 2.31. The van der Waals surface area contributed by atoms with Crippen molar-refractivity contribution >= 4 is 11.6 Å². The molecule has 6 heteroatoms. The van der Waals surface area contributed by atoms with Gasteiger partial charge in [-0.1, -0.05) is 6.07 Å². The first-order chi connectivity index (χ1) is 9.16. The molecule has 1 aromatic carbocycles. The first-order valence-electron chi connectivity index (χ1n) is 6.13. The lowest BCUT2D eigenvalue weighted by atomic mass is 9.94. The summed E-state index contributed by atoms with van der Waals surface area (Å²) < 4.78 is 37.9. The minimum Gasteiger partial charge on any atom is -0.359 e. The highest BCUT2D eigenvalue weighted by Gasteiger charge is 2.31. The molecule has 1 aliphatic heterocycles. The molecule has 1 amide bonds. The average molecular weight is 284 g/mol. The smallest absolute Gasteiger partial charge is 0.359 e. The van der Waals surface area contributed by atoms with Crippen LogP contribution in [0.25, 0.3) is 0 Å². The third-order valence-corrected chi connectivity index (χ3v) is 2.89. The predicted octanol–water partition coefficient (Wildman–Crippen LogP) is 3.30. The van der Waals surface area contributed by atoms with Crippen molar-refractivity contribution in [3.05, 3.63) is 41.6 Å². The minimum atomic E-state index is -4.38. The zero-order chi connectivity index (χ0) is 15.0. The van der Waals surface area contributed by atoms with Crippen molar-refractivity contribution < 1.29 is 18.0 Å². The molecule has 20 heavy (non-hydrogen) atoms. The van der Waals surface area contributed by atoms with Gasteiger partial charge >= 0.3 is 6.18 Å². The summed E-state index contributed by atoms with van der Waals surface area (Å²) in [5.74, 6) is -0.254. The maximum atomic E-state index is 12.6. The first kappa shape index (κ1) is 14.4. The second-order valence-corrected chi connectivity index (χ2v) is 5.42. The fourth-order valence-electron chi connectivity index (χ4n) is 2.14. The fourth-order valence-corrected chi connectivity index (χ4v) is 2.14. The second-order valence-electron chi connectivity index (χ2n) is 5.42. The molecule has 0 spiro atoms. The van der Waals surface area contributed by atoms with Gasteiger partial charge in [0.2, 0.25) is 5.91 Å². The molecular weight excluding hydrogens is 269 g/mol. The lowest BCUT2D eigenvalue weighted by Gasteiger charge is -2.31. The van der Waals surface area contributed by atoms with Crippen molar-refractivity contribution in [2.24, 2.45) is 0 Å². The van der Waals surface area contributed by atoms with E-state index in [0.717, 1.165) is 12.1 Å². The predicted molar refractivity (Wildman–Crippen MR) is 70.0 cm³/mol. The summed E-state index contributed by atoms with van der Waals surface area (Å²) in [6, 6.07) is 4.91. The maximum absolute atomic E-state index is 12.6. The van der Waals surface area contributed by atoms with E-state index in [4.69, 9.17) is 0 Å². The molecule has 0 saturated heterocycles. The van der Waals surface area contributed by atoms with Gasteiger partial charge in [0.15, 0.2) is 0 Å². The number of anilines is 1. The molecule has 0 bridgehead atoms. The summed E-state index contributed by atoms with van der Waals surface area (Å²) in [6.45, 7) is 3.71. The van der Waals surface area contributed by atoms with Gasteiger partial charge in [-0.25, -0.2) is 0 Å². The van der Waals surface area contributed by atoms with Crippen LogP contribution in [-0.4, -0.2) is 11.4 Å². The number of carbonyl (C=O) groups excluding carboxylic acids is 1. The number of hydrogen-bond acceptors (Lipinski definition) is 2. The quantitative estimate of drug-likeness (QED) is 0.875. The van der Waals surface area contributed by atoms with Gasteiger partial charge in [-0.3, -0.25) is 4.79 Å². The molecule has 0 aliphatic carbocycles. The molecule has 2 rings (SSSR count). The monoisotopic (exact) mass is 284 g/mol. The molecular formula is C14H15F3N2O. The van der Waals surface area contributed by atoms with Crippen LogP contribution >= 0.6 is 0 Å². The Labute approximate surface area is 114 Å². The van der Waals surface area contributed by atoms with Crippen molar-refractivity contribution in [1.29, 1.82) is 0 Å².